The quantitative estimate of drug-likeness (QED) is 0.724. The van der Waals surface area contributed by atoms with Crippen LogP contribution < -0.4 is 5.32 Å². The van der Waals surface area contributed by atoms with E-state index < -0.39 is 0 Å². The fourth-order valence-electron chi connectivity index (χ4n) is 2.08. The minimum absolute atomic E-state index is 0.152. The molecule has 2 N–H and O–H groups in total. The number of aliphatic hydroxyl groups is 1. The van der Waals surface area contributed by atoms with Crippen molar-refractivity contribution in [2.75, 3.05) is 26.0 Å². The summed E-state index contributed by atoms with van der Waals surface area (Å²) < 4.78 is 5.65. The number of aliphatic hydroxyl groups excluding tert-OH is 1. The van der Waals surface area contributed by atoms with Crippen LogP contribution in [0.2, 0.25) is 0 Å². The molecule has 82 valence electrons. The van der Waals surface area contributed by atoms with Gasteiger partial charge in [0.05, 0.1) is 25.4 Å². The van der Waals surface area contributed by atoms with Gasteiger partial charge in [-0.2, -0.15) is 11.8 Å². The highest BCUT2D eigenvalue weighted by atomic mass is 32.2. The first-order valence-corrected chi connectivity index (χ1v) is 6.53. The molecular formula is C10H19NO2S. The van der Waals surface area contributed by atoms with E-state index in [0.717, 1.165) is 6.54 Å². The maximum Gasteiger partial charge on any atom is 0.0948 e. The molecule has 2 unspecified atom stereocenters. The zero-order valence-corrected chi connectivity index (χ0v) is 9.48. The maximum atomic E-state index is 9.55. The van der Waals surface area contributed by atoms with Crippen LogP contribution >= 0.6 is 11.8 Å². The van der Waals surface area contributed by atoms with Crippen LogP contribution in [-0.2, 0) is 4.74 Å². The third-order valence-corrected chi connectivity index (χ3v) is 4.85. The minimum atomic E-state index is -0.311. The Bertz CT molecular complexity index is 191. The molecule has 1 saturated heterocycles. The number of ether oxygens (including phenoxy) is 1. The van der Waals surface area contributed by atoms with Gasteiger partial charge in [-0.3, -0.25) is 0 Å². The molecule has 2 rings (SSSR count). The van der Waals surface area contributed by atoms with Crippen molar-refractivity contribution < 1.29 is 9.84 Å². The van der Waals surface area contributed by atoms with Crippen molar-refractivity contribution in [3.8, 4) is 0 Å². The Hall–Kier alpha value is 0.230. The van der Waals surface area contributed by atoms with Crippen molar-refractivity contribution in [3.05, 3.63) is 0 Å². The molecule has 1 saturated carbocycles. The van der Waals surface area contributed by atoms with Gasteiger partial charge in [-0.25, -0.2) is 0 Å². The molecule has 2 fully saturated rings. The lowest BCUT2D eigenvalue weighted by Gasteiger charge is -2.41. The van der Waals surface area contributed by atoms with Crippen molar-refractivity contribution in [2.24, 2.45) is 0 Å². The van der Waals surface area contributed by atoms with Gasteiger partial charge in [-0.15, -0.1) is 0 Å². The molecule has 0 aromatic carbocycles. The van der Waals surface area contributed by atoms with E-state index in [-0.39, 0.29) is 12.1 Å². The summed E-state index contributed by atoms with van der Waals surface area (Å²) in [5.41, 5.74) is 0. The Morgan fingerprint density at radius 2 is 2.29 bits per heavy atom. The second kappa shape index (κ2) is 4.39. The van der Waals surface area contributed by atoms with Gasteiger partial charge in [0.1, 0.15) is 0 Å². The van der Waals surface area contributed by atoms with Crippen LogP contribution in [0.1, 0.15) is 19.3 Å². The normalized spacial score (nSPS) is 35.6. The second-order valence-corrected chi connectivity index (χ2v) is 5.61. The summed E-state index contributed by atoms with van der Waals surface area (Å²) in [5.74, 6) is 0. The lowest BCUT2D eigenvalue weighted by atomic mass is 9.84. The first kappa shape index (κ1) is 10.7. The summed E-state index contributed by atoms with van der Waals surface area (Å²) >= 11 is 1.96. The highest BCUT2D eigenvalue weighted by Gasteiger charge is 2.37. The topological polar surface area (TPSA) is 41.5 Å². The fraction of sp³-hybridized carbons (Fsp3) is 1.00. The molecule has 2 aliphatic rings. The monoisotopic (exact) mass is 217 g/mol. The van der Waals surface area contributed by atoms with Crippen LogP contribution in [0.15, 0.2) is 0 Å². The standard InChI is InChI=1S/C10H19NO2S/c1-14-10(3-2-4-10)7-11-8-5-13-6-9(8)12/h8-9,11-12H,2-7H2,1H3. The van der Waals surface area contributed by atoms with Crippen LogP contribution in [0.4, 0.5) is 0 Å². The zero-order chi connectivity index (χ0) is 10.0. The van der Waals surface area contributed by atoms with Gasteiger partial charge >= 0.3 is 0 Å². The predicted molar refractivity (Wildman–Crippen MR) is 58.7 cm³/mol. The molecule has 0 spiro atoms. The third kappa shape index (κ3) is 2.08. The maximum absolute atomic E-state index is 9.55. The van der Waals surface area contributed by atoms with Crippen molar-refractivity contribution in [3.63, 3.8) is 0 Å². The highest BCUT2D eigenvalue weighted by Crippen LogP contribution is 2.42. The molecule has 14 heavy (non-hydrogen) atoms. The summed E-state index contributed by atoms with van der Waals surface area (Å²) in [5, 5.41) is 13.0. The summed E-state index contributed by atoms with van der Waals surface area (Å²) in [4.78, 5) is 0. The Balaban J connectivity index is 1.75. The van der Waals surface area contributed by atoms with E-state index in [1.807, 2.05) is 11.8 Å². The number of thioether (sulfide) groups is 1. The molecule has 1 aliphatic carbocycles. The van der Waals surface area contributed by atoms with Gasteiger partial charge in [0, 0.05) is 11.3 Å². The van der Waals surface area contributed by atoms with E-state index in [1.165, 1.54) is 19.3 Å². The van der Waals surface area contributed by atoms with Crippen molar-refractivity contribution in [1.82, 2.24) is 5.32 Å². The molecule has 1 heterocycles. The minimum Gasteiger partial charge on any atom is -0.389 e. The summed E-state index contributed by atoms with van der Waals surface area (Å²) in [6.07, 6.45) is 5.85. The third-order valence-electron chi connectivity index (χ3n) is 3.43. The number of nitrogens with one attached hydrogen (secondary N) is 1. The van der Waals surface area contributed by atoms with E-state index in [0.29, 0.717) is 18.0 Å². The van der Waals surface area contributed by atoms with Gasteiger partial charge in [0.2, 0.25) is 0 Å². The molecule has 3 nitrogen and oxygen atoms in total. The van der Waals surface area contributed by atoms with E-state index in [4.69, 9.17) is 4.74 Å². The van der Waals surface area contributed by atoms with Gasteiger partial charge in [0.25, 0.3) is 0 Å². The van der Waals surface area contributed by atoms with Gasteiger partial charge < -0.3 is 15.2 Å². The lowest BCUT2D eigenvalue weighted by Crippen LogP contribution is -2.49. The number of hydrogen-bond acceptors (Lipinski definition) is 4. The Kier molecular flexibility index (Phi) is 3.37. The predicted octanol–water partition coefficient (Wildman–Crippen LogP) is 0.621. The highest BCUT2D eigenvalue weighted by molar-refractivity contribution is 8.00. The van der Waals surface area contributed by atoms with Gasteiger partial charge in [-0.1, -0.05) is 6.42 Å². The smallest absolute Gasteiger partial charge is 0.0948 e. The van der Waals surface area contributed by atoms with E-state index in [2.05, 4.69) is 11.6 Å². The SMILES string of the molecule is CSC1(CNC2COCC2O)CCC1. The van der Waals surface area contributed by atoms with Crippen molar-refractivity contribution >= 4 is 11.8 Å². The van der Waals surface area contributed by atoms with Crippen LogP contribution in [0.25, 0.3) is 0 Å². The molecule has 2 atom stereocenters. The molecular weight excluding hydrogens is 198 g/mol. The molecule has 0 aromatic heterocycles. The molecule has 4 heteroatoms. The molecule has 0 aromatic rings. The summed E-state index contributed by atoms with van der Waals surface area (Å²) in [6, 6.07) is 0.152. The molecule has 0 bridgehead atoms. The van der Waals surface area contributed by atoms with Crippen LogP contribution in [0.5, 0.6) is 0 Å². The number of hydrogen-bond donors (Lipinski definition) is 2. The molecule has 0 radical (unpaired) electrons. The summed E-state index contributed by atoms with van der Waals surface area (Å²) in [7, 11) is 0. The molecule has 1 aliphatic heterocycles. The number of rotatable bonds is 4. The lowest BCUT2D eigenvalue weighted by molar-refractivity contribution is 0.121. The zero-order valence-electron chi connectivity index (χ0n) is 8.66. The van der Waals surface area contributed by atoms with Gasteiger partial charge in [0.15, 0.2) is 0 Å². The van der Waals surface area contributed by atoms with Crippen LogP contribution in [0, 0.1) is 0 Å². The van der Waals surface area contributed by atoms with Crippen molar-refractivity contribution in [2.45, 2.75) is 36.2 Å². The Morgan fingerprint density at radius 3 is 2.71 bits per heavy atom. The van der Waals surface area contributed by atoms with E-state index >= 15 is 0 Å². The first-order valence-electron chi connectivity index (χ1n) is 5.30. The van der Waals surface area contributed by atoms with E-state index in [9.17, 15) is 5.11 Å². The Morgan fingerprint density at radius 1 is 1.50 bits per heavy atom. The molecule has 0 amide bonds. The van der Waals surface area contributed by atoms with Crippen molar-refractivity contribution in [1.29, 1.82) is 0 Å². The van der Waals surface area contributed by atoms with Crippen LogP contribution in [-0.4, -0.2) is 48.0 Å². The van der Waals surface area contributed by atoms with Crippen LogP contribution in [0.3, 0.4) is 0 Å². The second-order valence-electron chi connectivity index (χ2n) is 4.33. The first-order chi connectivity index (χ1) is 6.76. The largest absolute Gasteiger partial charge is 0.389 e. The summed E-state index contributed by atoms with van der Waals surface area (Å²) in [6.45, 7) is 2.16. The Labute approximate surface area is 89.6 Å². The fourth-order valence-corrected chi connectivity index (χ4v) is 3.00. The average Bonchev–Trinajstić information content (AvgIpc) is 2.51. The van der Waals surface area contributed by atoms with E-state index in [1.54, 1.807) is 0 Å². The van der Waals surface area contributed by atoms with Gasteiger partial charge in [-0.05, 0) is 19.1 Å². The average molecular weight is 217 g/mol.